The van der Waals surface area contributed by atoms with Gasteiger partial charge in [-0.2, -0.15) is 0 Å². The van der Waals surface area contributed by atoms with Gasteiger partial charge >= 0.3 is 12.0 Å². The lowest BCUT2D eigenvalue weighted by molar-refractivity contribution is -0.123. The summed E-state index contributed by atoms with van der Waals surface area (Å²) in [6, 6.07) is 7.33. The van der Waals surface area contributed by atoms with Gasteiger partial charge in [-0.25, -0.2) is 19.0 Å². The van der Waals surface area contributed by atoms with Gasteiger partial charge in [-0.1, -0.05) is 23.7 Å². The van der Waals surface area contributed by atoms with E-state index in [1.54, 1.807) is 0 Å². The molecule has 1 aromatic heterocycles. The number of nitrogens with one attached hydrogen (secondary N) is 2. The highest BCUT2D eigenvalue weighted by molar-refractivity contribution is 6.32. The summed E-state index contributed by atoms with van der Waals surface area (Å²) in [7, 11) is 0. The lowest BCUT2D eigenvalue weighted by Crippen LogP contribution is -2.37. The summed E-state index contributed by atoms with van der Waals surface area (Å²) < 4.78 is 18.1. The predicted octanol–water partition coefficient (Wildman–Crippen LogP) is 2.38. The Kier molecular flexibility index (Phi) is 5.80. The number of hydrogen-bond acceptors (Lipinski definition) is 5. The zero-order valence-electron chi connectivity index (χ0n) is 12.1. The number of imide groups is 1. The number of nitrogens with zero attached hydrogens (tertiary/aromatic N) is 1. The maximum absolute atomic E-state index is 13.4. The molecule has 0 spiro atoms. The van der Waals surface area contributed by atoms with E-state index in [1.165, 1.54) is 36.5 Å². The van der Waals surface area contributed by atoms with Crippen molar-refractivity contribution in [2.75, 3.05) is 11.9 Å². The first-order valence-corrected chi connectivity index (χ1v) is 6.98. The van der Waals surface area contributed by atoms with E-state index in [9.17, 15) is 18.8 Å². The number of pyridine rings is 1. The second-order valence-corrected chi connectivity index (χ2v) is 4.76. The SMILES string of the molecule is O=C(COC(=O)c1cccnc1Cl)NC(=O)Nc1ccccc1F. The molecule has 0 saturated heterocycles. The number of carbonyl (C=O) groups is 3. The van der Waals surface area contributed by atoms with Crippen LogP contribution in [0.25, 0.3) is 0 Å². The van der Waals surface area contributed by atoms with Crippen LogP contribution in [0.1, 0.15) is 10.4 Å². The summed E-state index contributed by atoms with van der Waals surface area (Å²) in [4.78, 5) is 38.5. The third kappa shape index (κ3) is 4.75. The molecule has 3 amide bonds. The van der Waals surface area contributed by atoms with Gasteiger partial charge in [0.15, 0.2) is 6.61 Å². The van der Waals surface area contributed by atoms with E-state index in [0.29, 0.717) is 0 Å². The molecule has 24 heavy (non-hydrogen) atoms. The normalized spacial score (nSPS) is 9.92. The standard InChI is InChI=1S/C15H11ClFN3O4/c16-13-9(4-3-7-18-13)14(22)24-8-12(21)20-15(23)19-11-6-2-1-5-10(11)17/h1-7H,8H2,(H2,19,20,21,23). The van der Waals surface area contributed by atoms with Crippen molar-refractivity contribution in [3.8, 4) is 0 Å². The van der Waals surface area contributed by atoms with E-state index in [1.807, 2.05) is 5.32 Å². The first kappa shape index (κ1) is 17.4. The topological polar surface area (TPSA) is 97.4 Å². The number of carbonyl (C=O) groups excluding carboxylic acids is 3. The fourth-order valence-corrected chi connectivity index (χ4v) is 1.82. The zero-order chi connectivity index (χ0) is 17.5. The van der Waals surface area contributed by atoms with E-state index in [-0.39, 0.29) is 16.4 Å². The molecule has 0 radical (unpaired) electrons. The minimum Gasteiger partial charge on any atom is -0.452 e. The maximum Gasteiger partial charge on any atom is 0.341 e. The highest BCUT2D eigenvalue weighted by Crippen LogP contribution is 2.13. The van der Waals surface area contributed by atoms with Gasteiger partial charge in [0.05, 0.1) is 11.3 Å². The average Bonchev–Trinajstić information content (AvgIpc) is 2.55. The molecule has 2 rings (SSSR count). The average molecular weight is 352 g/mol. The van der Waals surface area contributed by atoms with Gasteiger partial charge in [0.25, 0.3) is 5.91 Å². The van der Waals surface area contributed by atoms with Gasteiger partial charge in [-0.15, -0.1) is 0 Å². The summed E-state index contributed by atoms with van der Waals surface area (Å²) in [6.45, 7) is -0.714. The molecule has 9 heteroatoms. The summed E-state index contributed by atoms with van der Waals surface area (Å²) >= 11 is 5.71. The lowest BCUT2D eigenvalue weighted by Gasteiger charge is -2.08. The van der Waals surface area contributed by atoms with Crippen LogP contribution in [0.15, 0.2) is 42.6 Å². The van der Waals surface area contributed by atoms with Crippen molar-refractivity contribution in [1.29, 1.82) is 0 Å². The monoisotopic (exact) mass is 351 g/mol. The lowest BCUT2D eigenvalue weighted by atomic mass is 10.3. The molecule has 2 aromatic rings. The van der Waals surface area contributed by atoms with Gasteiger partial charge in [0.2, 0.25) is 0 Å². The third-order valence-electron chi connectivity index (χ3n) is 2.69. The van der Waals surface area contributed by atoms with Gasteiger partial charge in [0, 0.05) is 6.20 Å². The molecular weight excluding hydrogens is 341 g/mol. The first-order chi connectivity index (χ1) is 11.5. The summed E-state index contributed by atoms with van der Waals surface area (Å²) in [5, 5.41) is 3.98. The van der Waals surface area contributed by atoms with Gasteiger partial charge < -0.3 is 10.1 Å². The first-order valence-electron chi connectivity index (χ1n) is 6.60. The van der Waals surface area contributed by atoms with Crippen LogP contribution in [-0.2, 0) is 9.53 Å². The molecule has 1 heterocycles. The number of anilines is 1. The van der Waals surface area contributed by atoms with Crippen LogP contribution in [0.5, 0.6) is 0 Å². The number of benzene rings is 1. The van der Waals surface area contributed by atoms with Gasteiger partial charge in [-0.3, -0.25) is 10.1 Å². The fourth-order valence-electron chi connectivity index (χ4n) is 1.63. The van der Waals surface area contributed by atoms with E-state index >= 15 is 0 Å². The Hall–Kier alpha value is -3.00. The molecule has 0 saturated carbocycles. The van der Waals surface area contributed by atoms with Crippen molar-refractivity contribution in [2.45, 2.75) is 0 Å². The molecule has 0 atom stereocenters. The van der Waals surface area contributed by atoms with Crippen LogP contribution in [-0.4, -0.2) is 29.5 Å². The molecule has 0 aliphatic rings. The van der Waals surface area contributed by atoms with Gasteiger partial charge in [-0.05, 0) is 24.3 Å². The van der Waals surface area contributed by atoms with Crippen LogP contribution in [0.3, 0.4) is 0 Å². The summed E-state index contributed by atoms with van der Waals surface area (Å²) in [6.07, 6.45) is 1.39. The molecule has 0 fully saturated rings. The van der Waals surface area contributed by atoms with Crippen molar-refractivity contribution >= 4 is 35.2 Å². The zero-order valence-corrected chi connectivity index (χ0v) is 12.8. The summed E-state index contributed by atoms with van der Waals surface area (Å²) in [5.74, 6) is -2.41. The Balaban J connectivity index is 1.83. The van der Waals surface area contributed by atoms with Crippen LogP contribution in [0.4, 0.5) is 14.9 Å². The largest absolute Gasteiger partial charge is 0.452 e. The van der Waals surface area contributed by atoms with Crippen molar-refractivity contribution in [2.24, 2.45) is 0 Å². The van der Waals surface area contributed by atoms with E-state index < -0.39 is 30.3 Å². The van der Waals surface area contributed by atoms with E-state index in [0.717, 1.165) is 6.07 Å². The Labute approximate surface area is 140 Å². The number of para-hydroxylation sites is 1. The number of ether oxygens (including phenoxy) is 1. The minimum absolute atomic E-state index is 0.0113. The Morgan fingerprint density at radius 2 is 1.92 bits per heavy atom. The van der Waals surface area contributed by atoms with Gasteiger partial charge in [0.1, 0.15) is 11.0 Å². The second-order valence-electron chi connectivity index (χ2n) is 4.40. The highest BCUT2D eigenvalue weighted by atomic mass is 35.5. The number of hydrogen-bond donors (Lipinski definition) is 2. The van der Waals surface area contributed by atoms with E-state index in [2.05, 4.69) is 10.3 Å². The van der Waals surface area contributed by atoms with Crippen molar-refractivity contribution in [3.63, 3.8) is 0 Å². The van der Waals surface area contributed by atoms with Crippen LogP contribution in [0, 0.1) is 5.82 Å². The van der Waals surface area contributed by atoms with Crippen LogP contribution >= 0.6 is 11.6 Å². The third-order valence-corrected chi connectivity index (χ3v) is 2.99. The van der Waals surface area contributed by atoms with Crippen molar-refractivity contribution < 1.29 is 23.5 Å². The quantitative estimate of drug-likeness (QED) is 0.651. The number of amides is 3. The molecule has 0 bridgehead atoms. The molecule has 0 aliphatic carbocycles. The van der Waals surface area contributed by atoms with Crippen molar-refractivity contribution in [1.82, 2.24) is 10.3 Å². The van der Waals surface area contributed by atoms with E-state index in [4.69, 9.17) is 16.3 Å². The van der Waals surface area contributed by atoms with Crippen molar-refractivity contribution in [3.05, 3.63) is 59.1 Å². The smallest absolute Gasteiger partial charge is 0.341 e. The predicted molar refractivity (Wildman–Crippen MR) is 83.1 cm³/mol. The maximum atomic E-state index is 13.4. The minimum atomic E-state index is -0.958. The number of urea groups is 1. The Morgan fingerprint density at radius 3 is 2.62 bits per heavy atom. The molecule has 1 aromatic carbocycles. The molecule has 0 aliphatic heterocycles. The molecular formula is C15H11ClFN3O4. The number of esters is 1. The van der Waals surface area contributed by atoms with Crippen LogP contribution < -0.4 is 10.6 Å². The highest BCUT2D eigenvalue weighted by Gasteiger charge is 2.15. The molecule has 124 valence electrons. The molecule has 0 unspecified atom stereocenters. The number of halogens is 2. The molecule has 7 nitrogen and oxygen atoms in total. The summed E-state index contributed by atoms with van der Waals surface area (Å²) in [5.41, 5.74) is -0.107. The fraction of sp³-hybridized carbons (Fsp3) is 0.0667. The Bertz CT molecular complexity index is 785. The number of aromatic nitrogens is 1. The second kappa shape index (κ2) is 8.02. The Morgan fingerprint density at radius 1 is 1.17 bits per heavy atom. The molecule has 2 N–H and O–H groups in total. The number of rotatable bonds is 4. The van der Waals surface area contributed by atoms with Crippen LogP contribution in [0.2, 0.25) is 5.15 Å².